The van der Waals surface area contributed by atoms with Gasteiger partial charge in [-0.3, -0.25) is 0 Å². The van der Waals surface area contributed by atoms with E-state index < -0.39 is 0 Å². The molecule has 0 unspecified atom stereocenters. The third-order valence-corrected chi connectivity index (χ3v) is 1.56. The van der Waals surface area contributed by atoms with Gasteiger partial charge >= 0.3 is 0 Å². The van der Waals surface area contributed by atoms with Crippen LogP contribution in [0.15, 0.2) is 36.1 Å². The normalized spacial score (nSPS) is 8.92. The van der Waals surface area contributed by atoms with Crippen molar-refractivity contribution in [2.45, 2.75) is 27.2 Å². The van der Waals surface area contributed by atoms with Gasteiger partial charge in [0.2, 0.25) is 0 Å². The first kappa shape index (κ1) is 11.0. The summed E-state index contributed by atoms with van der Waals surface area (Å²) in [7, 11) is 0. The maximum absolute atomic E-state index is 3.89. The second-order valence-electron chi connectivity index (χ2n) is 3.07. The minimum atomic E-state index is 1.00. The molecule has 0 aliphatic carbocycles. The third-order valence-electron chi connectivity index (χ3n) is 1.56. The Morgan fingerprint density at radius 2 is 1.75 bits per heavy atom. The number of allylic oxidation sites excluding steroid dienone is 3. The van der Waals surface area contributed by atoms with Gasteiger partial charge in [0, 0.05) is 12.7 Å². The zero-order valence-electron chi connectivity index (χ0n) is 8.41. The molecule has 0 aromatic carbocycles. The van der Waals surface area contributed by atoms with Gasteiger partial charge in [-0.2, -0.15) is 0 Å². The van der Waals surface area contributed by atoms with E-state index in [1.165, 1.54) is 0 Å². The average molecular weight is 165 g/mol. The first-order chi connectivity index (χ1) is 5.59. The van der Waals surface area contributed by atoms with Crippen LogP contribution in [0.25, 0.3) is 0 Å². The molecule has 0 saturated carbocycles. The molecule has 0 radical (unpaired) electrons. The summed E-state index contributed by atoms with van der Waals surface area (Å²) < 4.78 is 0. The summed E-state index contributed by atoms with van der Waals surface area (Å²) in [5.41, 5.74) is 3.25. The maximum Gasteiger partial charge on any atom is 0.0139 e. The van der Waals surface area contributed by atoms with Gasteiger partial charge in [0.15, 0.2) is 0 Å². The lowest BCUT2D eigenvalue weighted by atomic mass is 10.0. The lowest BCUT2D eigenvalue weighted by Gasteiger charge is -2.06. The van der Waals surface area contributed by atoms with Crippen LogP contribution in [0.1, 0.15) is 27.2 Å². The summed E-state index contributed by atoms with van der Waals surface area (Å²) in [5, 5.41) is 3.21. The highest BCUT2D eigenvalue weighted by Gasteiger charge is 1.96. The molecule has 12 heavy (non-hydrogen) atoms. The van der Waals surface area contributed by atoms with Crippen molar-refractivity contribution in [2.75, 3.05) is 6.54 Å². The highest BCUT2D eigenvalue weighted by Crippen LogP contribution is 2.13. The van der Waals surface area contributed by atoms with Gasteiger partial charge in [0.1, 0.15) is 0 Å². The molecule has 0 rings (SSSR count). The van der Waals surface area contributed by atoms with E-state index in [0.29, 0.717) is 0 Å². The molecule has 0 aliphatic heterocycles. The van der Waals surface area contributed by atoms with Crippen molar-refractivity contribution < 1.29 is 0 Å². The summed E-state index contributed by atoms with van der Waals surface area (Å²) in [5.74, 6) is 0. The van der Waals surface area contributed by atoms with Gasteiger partial charge in [-0.1, -0.05) is 20.1 Å². The van der Waals surface area contributed by atoms with Crippen molar-refractivity contribution in [2.24, 2.45) is 0 Å². The number of rotatable bonds is 5. The Morgan fingerprint density at radius 3 is 2.08 bits per heavy atom. The molecular formula is C11H19N. The Bertz CT molecular complexity index is 183. The van der Waals surface area contributed by atoms with Crippen LogP contribution in [0.3, 0.4) is 0 Å². The molecule has 0 aliphatic rings. The summed E-state index contributed by atoms with van der Waals surface area (Å²) in [6.45, 7) is 14.9. The van der Waals surface area contributed by atoms with Gasteiger partial charge in [-0.25, -0.2) is 0 Å². The average Bonchev–Trinajstić information content (AvgIpc) is 1.96. The number of nitrogens with one attached hydrogen (secondary N) is 1. The van der Waals surface area contributed by atoms with Crippen molar-refractivity contribution in [3.05, 3.63) is 36.1 Å². The Labute approximate surface area is 75.9 Å². The van der Waals surface area contributed by atoms with Crippen molar-refractivity contribution in [3.8, 4) is 0 Å². The fourth-order valence-electron chi connectivity index (χ4n) is 0.929. The molecule has 0 amide bonds. The Hall–Kier alpha value is -0.980. The SMILES string of the molecule is C=C(C)C(=CNCCC)C(=C)C. The van der Waals surface area contributed by atoms with Crippen molar-refractivity contribution >= 4 is 0 Å². The summed E-state index contributed by atoms with van der Waals surface area (Å²) in [6, 6.07) is 0. The quantitative estimate of drug-likeness (QED) is 0.488. The molecule has 0 bridgehead atoms. The largest absolute Gasteiger partial charge is 0.390 e. The predicted molar refractivity (Wildman–Crippen MR) is 56.0 cm³/mol. The molecule has 1 heteroatoms. The first-order valence-electron chi connectivity index (χ1n) is 4.35. The van der Waals surface area contributed by atoms with Crippen LogP contribution < -0.4 is 5.32 Å². The monoisotopic (exact) mass is 165 g/mol. The minimum Gasteiger partial charge on any atom is -0.390 e. The van der Waals surface area contributed by atoms with E-state index in [0.717, 1.165) is 29.7 Å². The van der Waals surface area contributed by atoms with Crippen LogP contribution in [-0.4, -0.2) is 6.54 Å². The van der Waals surface area contributed by atoms with Crippen molar-refractivity contribution in [3.63, 3.8) is 0 Å². The zero-order valence-corrected chi connectivity index (χ0v) is 8.41. The van der Waals surface area contributed by atoms with E-state index in [1.54, 1.807) is 0 Å². The molecule has 0 aromatic rings. The second-order valence-corrected chi connectivity index (χ2v) is 3.07. The van der Waals surface area contributed by atoms with Crippen LogP contribution >= 0.6 is 0 Å². The number of hydrogen-bond donors (Lipinski definition) is 1. The van der Waals surface area contributed by atoms with Crippen LogP contribution in [0.4, 0.5) is 0 Å². The van der Waals surface area contributed by atoms with E-state index in [2.05, 4.69) is 25.4 Å². The number of hydrogen-bond acceptors (Lipinski definition) is 1. The Balaban J connectivity index is 4.20. The summed E-state index contributed by atoms with van der Waals surface area (Å²) in [4.78, 5) is 0. The second kappa shape index (κ2) is 5.64. The first-order valence-corrected chi connectivity index (χ1v) is 4.35. The van der Waals surface area contributed by atoms with E-state index in [9.17, 15) is 0 Å². The van der Waals surface area contributed by atoms with Crippen molar-refractivity contribution in [1.29, 1.82) is 0 Å². The maximum atomic E-state index is 3.89. The molecule has 0 spiro atoms. The summed E-state index contributed by atoms with van der Waals surface area (Å²) >= 11 is 0. The highest BCUT2D eigenvalue weighted by molar-refractivity contribution is 5.41. The lowest BCUT2D eigenvalue weighted by Crippen LogP contribution is -2.07. The highest BCUT2D eigenvalue weighted by atomic mass is 14.8. The van der Waals surface area contributed by atoms with Crippen LogP contribution in [-0.2, 0) is 0 Å². The lowest BCUT2D eigenvalue weighted by molar-refractivity contribution is 0.805. The van der Waals surface area contributed by atoms with E-state index in [-0.39, 0.29) is 0 Å². The molecule has 1 N–H and O–H groups in total. The van der Waals surface area contributed by atoms with Crippen LogP contribution in [0.2, 0.25) is 0 Å². The van der Waals surface area contributed by atoms with E-state index >= 15 is 0 Å². The molecular weight excluding hydrogens is 146 g/mol. The smallest absolute Gasteiger partial charge is 0.0139 e. The Kier molecular flexibility index (Phi) is 5.18. The molecule has 0 fully saturated rings. The molecule has 0 heterocycles. The van der Waals surface area contributed by atoms with Crippen LogP contribution in [0, 0.1) is 0 Å². The standard InChI is InChI=1S/C11H19N/c1-6-7-12-8-11(9(2)3)10(4)5/h8,12H,2,4,6-7H2,1,3,5H3. The third kappa shape index (κ3) is 4.02. The van der Waals surface area contributed by atoms with Gasteiger partial charge in [0.05, 0.1) is 0 Å². The minimum absolute atomic E-state index is 1.00. The fourth-order valence-corrected chi connectivity index (χ4v) is 0.929. The molecule has 0 aromatic heterocycles. The topological polar surface area (TPSA) is 12.0 Å². The molecule has 0 atom stereocenters. The predicted octanol–water partition coefficient (Wildman–Crippen LogP) is 3.02. The van der Waals surface area contributed by atoms with Gasteiger partial charge < -0.3 is 5.32 Å². The van der Waals surface area contributed by atoms with E-state index in [1.807, 2.05) is 20.0 Å². The fraction of sp³-hybridized carbons (Fsp3) is 0.455. The van der Waals surface area contributed by atoms with Crippen molar-refractivity contribution in [1.82, 2.24) is 5.32 Å². The molecule has 0 saturated heterocycles. The molecule has 68 valence electrons. The van der Waals surface area contributed by atoms with Gasteiger partial charge in [-0.15, -0.1) is 0 Å². The summed E-state index contributed by atoms with van der Waals surface area (Å²) in [6.07, 6.45) is 3.13. The van der Waals surface area contributed by atoms with E-state index in [4.69, 9.17) is 0 Å². The molecule has 1 nitrogen and oxygen atoms in total. The Morgan fingerprint density at radius 1 is 1.25 bits per heavy atom. The zero-order chi connectivity index (χ0) is 9.56. The van der Waals surface area contributed by atoms with Gasteiger partial charge in [0.25, 0.3) is 0 Å². The van der Waals surface area contributed by atoms with Crippen LogP contribution in [0.5, 0.6) is 0 Å². The van der Waals surface area contributed by atoms with Gasteiger partial charge in [-0.05, 0) is 37.0 Å².